The molecule has 0 radical (unpaired) electrons. The second-order valence-corrected chi connectivity index (χ2v) is 9.58. The zero-order chi connectivity index (χ0) is 22.9. The highest BCUT2D eigenvalue weighted by Gasteiger charge is 2.53. The van der Waals surface area contributed by atoms with Crippen molar-refractivity contribution in [2.24, 2.45) is 5.92 Å². The van der Waals surface area contributed by atoms with Gasteiger partial charge in [0.25, 0.3) is 0 Å². The molecule has 1 N–H and O–H groups in total. The van der Waals surface area contributed by atoms with E-state index in [1.165, 1.54) is 4.90 Å². The van der Waals surface area contributed by atoms with E-state index in [9.17, 15) is 14.9 Å². The van der Waals surface area contributed by atoms with Crippen LogP contribution >= 0.6 is 0 Å². The van der Waals surface area contributed by atoms with E-state index in [1.54, 1.807) is 25.7 Å². The maximum atomic E-state index is 13.4. The third-order valence-corrected chi connectivity index (χ3v) is 6.09. The van der Waals surface area contributed by atoms with Gasteiger partial charge in [-0.05, 0) is 57.9 Å². The molecule has 2 saturated heterocycles. The van der Waals surface area contributed by atoms with E-state index in [4.69, 9.17) is 9.57 Å². The average Bonchev–Trinajstić information content (AvgIpc) is 3.46. The fourth-order valence-electron chi connectivity index (χ4n) is 4.73. The summed E-state index contributed by atoms with van der Waals surface area (Å²) in [6.07, 6.45) is 2.15. The molecule has 2 fully saturated rings. The van der Waals surface area contributed by atoms with Crippen LogP contribution in [0.1, 0.15) is 52.0 Å². The molecule has 170 valence electrons. The van der Waals surface area contributed by atoms with E-state index in [0.29, 0.717) is 32.4 Å². The summed E-state index contributed by atoms with van der Waals surface area (Å²) in [5, 5.41) is 9.44. The van der Waals surface area contributed by atoms with Crippen molar-refractivity contribution < 1.29 is 19.2 Å². The molecule has 2 bridgehead atoms. The van der Waals surface area contributed by atoms with E-state index in [-0.39, 0.29) is 11.8 Å². The molecule has 1 aromatic rings. The number of benzene rings is 1. The largest absolute Gasteiger partial charge is 0.443 e. The Hall–Kier alpha value is -3.05. The van der Waals surface area contributed by atoms with Gasteiger partial charge < -0.3 is 9.64 Å². The van der Waals surface area contributed by atoms with Crippen LogP contribution in [0.5, 0.6) is 0 Å². The molecule has 8 heteroatoms. The lowest BCUT2D eigenvalue weighted by Crippen LogP contribution is -2.53. The van der Waals surface area contributed by atoms with Gasteiger partial charge in [0.2, 0.25) is 5.91 Å². The molecule has 3 aliphatic rings. The zero-order valence-corrected chi connectivity index (χ0v) is 18.8. The highest BCUT2D eigenvalue weighted by Crippen LogP contribution is 2.46. The molecule has 32 heavy (non-hydrogen) atoms. The summed E-state index contributed by atoms with van der Waals surface area (Å²) in [6.45, 7) is 6.34. The first kappa shape index (κ1) is 22.2. The first-order valence-corrected chi connectivity index (χ1v) is 11.1. The number of hydrogen-bond acceptors (Lipinski definition) is 6. The van der Waals surface area contributed by atoms with Crippen molar-refractivity contribution in [2.45, 2.75) is 70.7 Å². The number of rotatable bonds is 5. The van der Waals surface area contributed by atoms with Crippen molar-refractivity contribution in [2.75, 3.05) is 6.54 Å². The Bertz CT molecular complexity index is 947. The van der Waals surface area contributed by atoms with Gasteiger partial charge in [-0.1, -0.05) is 30.3 Å². The fraction of sp³-hybridized carbons (Fsp3) is 0.542. The Kier molecular flexibility index (Phi) is 6.11. The Morgan fingerprint density at radius 2 is 1.97 bits per heavy atom. The lowest BCUT2D eigenvalue weighted by Gasteiger charge is -2.36. The van der Waals surface area contributed by atoms with Gasteiger partial charge in [-0.25, -0.2) is 4.79 Å². The number of hydrogen-bond donors (Lipinski definition) is 1. The molecule has 1 aliphatic carbocycles. The molecule has 0 saturated carbocycles. The zero-order valence-electron chi connectivity index (χ0n) is 18.8. The van der Waals surface area contributed by atoms with Crippen LogP contribution in [0.25, 0.3) is 0 Å². The van der Waals surface area contributed by atoms with Crippen LogP contribution in [0, 0.1) is 17.2 Å². The molecule has 0 aromatic heterocycles. The number of carbonyl (C=O) groups excluding carboxylic acids is 2. The molecule has 2 amide bonds. The predicted molar refractivity (Wildman–Crippen MR) is 116 cm³/mol. The molecule has 0 spiro atoms. The van der Waals surface area contributed by atoms with Gasteiger partial charge in [0.05, 0.1) is 18.4 Å². The number of fused-ring (bicyclic) bond motifs is 2. The summed E-state index contributed by atoms with van der Waals surface area (Å²) in [5.41, 5.74) is 4.90. The Labute approximate surface area is 188 Å². The van der Waals surface area contributed by atoms with Crippen molar-refractivity contribution in [3.63, 3.8) is 0 Å². The maximum absolute atomic E-state index is 13.4. The number of nitrogens with zero attached hydrogens (tertiary/aromatic N) is 3. The van der Waals surface area contributed by atoms with Crippen LogP contribution < -0.4 is 5.48 Å². The molecule has 8 nitrogen and oxygen atoms in total. The minimum absolute atomic E-state index is 0.0622. The van der Waals surface area contributed by atoms with Crippen LogP contribution in [0.4, 0.5) is 4.79 Å². The van der Waals surface area contributed by atoms with Crippen molar-refractivity contribution in [1.82, 2.24) is 15.3 Å². The summed E-state index contributed by atoms with van der Waals surface area (Å²) < 4.78 is 5.64. The SMILES string of the molecule is CC(C)(C)OC(=O)N1C2=C(NOCc3ccccc3)C[C@H](C2)[C@H]1C(=O)N1CCC[C@H]1C#N. The van der Waals surface area contributed by atoms with E-state index in [1.807, 2.05) is 30.3 Å². The maximum Gasteiger partial charge on any atom is 0.415 e. The van der Waals surface area contributed by atoms with E-state index in [0.717, 1.165) is 23.4 Å². The summed E-state index contributed by atoms with van der Waals surface area (Å²) in [4.78, 5) is 35.4. The van der Waals surface area contributed by atoms with Crippen LogP contribution in [0.3, 0.4) is 0 Å². The van der Waals surface area contributed by atoms with Crippen LogP contribution in [0.2, 0.25) is 0 Å². The molecule has 2 heterocycles. The topological polar surface area (TPSA) is 94.9 Å². The minimum atomic E-state index is -0.687. The fourth-order valence-corrected chi connectivity index (χ4v) is 4.73. The van der Waals surface area contributed by atoms with Gasteiger partial charge in [-0.15, -0.1) is 0 Å². The number of carbonyl (C=O) groups is 2. The van der Waals surface area contributed by atoms with Gasteiger partial charge in [-0.2, -0.15) is 5.26 Å². The lowest BCUT2D eigenvalue weighted by atomic mass is 9.96. The van der Waals surface area contributed by atoms with Gasteiger partial charge in [0, 0.05) is 12.2 Å². The number of nitrogens with one attached hydrogen (secondary N) is 1. The minimum Gasteiger partial charge on any atom is -0.443 e. The Morgan fingerprint density at radius 3 is 2.66 bits per heavy atom. The van der Waals surface area contributed by atoms with E-state index >= 15 is 0 Å². The van der Waals surface area contributed by atoms with Gasteiger partial charge >= 0.3 is 6.09 Å². The van der Waals surface area contributed by atoms with Crippen LogP contribution in [0.15, 0.2) is 41.7 Å². The monoisotopic (exact) mass is 438 g/mol. The summed E-state index contributed by atoms with van der Waals surface area (Å²) in [6, 6.07) is 11.0. The van der Waals surface area contributed by atoms with Gasteiger partial charge in [0.15, 0.2) is 0 Å². The lowest BCUT2D eigenvalue weighted by molar-refractivity contribution is -0.137. The molecule has 3 atom stereocenters. The van der Waals surface area contributed by atoms with Crippen molar-refractivity contribution in [1.29, 1.82) is 5.26 Å². The standard InChI is InChI=1S/C24H30N4O4/c1-24(2,3)32-23(30)28-20-13-17(21(28)22(29)27-11-7-10-18(27)14-25)12-19(20)26-31-15-16-8-5-4-6-9-16/h4-6,8-9,17-18,21,26H,7,10-13,15H2,1-3H3/t17-,18+,21+/m1/s1. The second kappa shape index (κ2) is 8.83. The molecule has 1 aromatic carbocycles. The first-order valence-electron chi connectivity index (χ1n) is 11.1. The number of nitriles is 1. The molecular weight excluding hydrogens is 408 g/mol. The van der Waals surface area contributed by atoms with Gasteiger partial charge in [0.1, 0.15) is 17.7 Å². The van der Waals surface area contributed by atoms with Crippen molar-refractivity contribution >= 4 is 12.0 Å². The van der Waals surface area contributed by atoms with Crippen molar-refractivity contribution in [3.05, 3.63) is 47.3 Å². The Morgan fingerprint density at radius 1 is 1.22 bits per heavy atom. The molecule has 0 unspecified atom stereocenters. The third-order valence-electron chi connectivity index (χ3n) is 6.09. The van der Waals surface area contributed by atoms with Crippen LogP contribution in [-0.2, 0) is 21.0 Å². The molecule has 4 rings (SSSR count). The average molecular weight is 439 g/mol. The third kappa shape index (κ3) is 4.44. The van der Waals surface area contributed by atoms with E-state index < -0.39 is 23.8 Å². The highest BCUT2D eigenvalue weighted by atomic mass is 16.6. The smallest absolute Gasteiger partial charge is 0.415 e. The number of ether oxygens (including phenoxy) is 1. The van der Waals surface area contributed by atoms with Gasteiger partial charge in [-0.3, -0.25) is 20.0 Å². The summed E-state index contributed by atoms with van der Waals surface area (Å²) >= 11 is 0. The van der Waals surface area contributed by atoms with E-state index in [2.05, 4.69) is 11.5 Å². The van der Waals surface area contributed by atoms with Crippen LogP contribution in [-0.4, -0.2) is 46.0 Å². The summed E-state index contributed by atoms with van der Waals surface area (Å²) in [7, 11) is 0. The second-order valence-electron chi connectivity index (χ2n) is 9.58. The predicted octanol–water partition coefficient (Wildman–Crippen LogP) is 3.46. The first-order chi connectivity index (χ1) is 15.3. The molecule has 2 aliphatic heterocycles. The highest BCUT2D eigenvalue weighted by molar-refractivity contribution is 5.89. The quantitative estimate of drug-likeness (QED) is 0.708. The normalized spacial score (nSPS) is 24.6. The number of amides is 2. The molecular formula is C24H30N4O4. The van der Waals surface area contributed by atoms with Crippen molar-refractivity contribution in [3.8, 4) is 6.07 Å². The number of allylic oxidation sites excluding steroid dienone is 2. The number of hydroxylamine groups is 1. The Balaban J connectivity index is 1.54. The number of likely N-dealkylation sites (tertiary alicyclic amines) is 2. The summed E-state index contributed by atoms with van der Waals surface area (Å²) in [5.74, 6) is -0.225.